The zero-order chi connectivity index (χ0) is 12.4. The first-order chi connectivity index (χ1) is 8.11. The van der Waals surface area contributed by atoms with E-state index >= 15 is 0 Å². The molecule has 0 spiro atoms. The van der Waals surface area contributed by atoms with Crippen molar-refractivity contribution in [1.29, 1.82) is 0 Å². The number of aliphatic carboxylic acids is 1. The predicted molar refractivity (Wildman–Crippen MR) is 64.9 cm³/mol. The molecule has 0 fully saturated rings. The molecule has 0 bridgehead atoms. The molecule has 90 valence electrons. The second-order valence-corrected chi connectivity index (χ2v) is 4.11. The Labute approximate surface area is 99.7 Å². The number of carboxylic acid groups (broad SMARTS) is 1. The number of rotatable bonds is 4. The lowest BCUT2D eigenvalue weighted by Gasteiger charge is -2.10. The highest BCUT2D eigenvalue weighted by Gasteiger charge is 2.20. The fourth-order valence-corrected chi connectivity index (χ4v) is 2.02. The Morgan fingerprint density at radius 2 is 2.35 bits per heavy atom. The lowest BCUT2D eigenvalue weighted by Crippen LogP contribution is -2.30. The second kappa shape index (κ2) is 4.59. The monoisotopic (exact) mass is 233 g/mol. The lowest BCUT2D eigenvalue weighted by molar-refractivity contribution is -0.138. The number of methoxy groups -OCH3 is 1. The van der Waals surface area contributed by atoms with Crippen molar-refractivity contribution in [3.05, 3.63) is 35.4 Å². The number of fused-ring (bicyclic) bond motifs is 1. The number of allylic oxidation sites excluding steroid dienone is 1. The van der Waals surface area contributed by atoms with Gasteiger partial charge in [-0.25, -0.2) is 0 Å². The highest BCUT2D eigenvalue weighted by Crippen LogP contribution is 2.33. The Bertz CT molecular complexity index is 480. The molecule has 17 heavy (non-hydrogen) atoms. The molecule has 1 unspecified atom stereocenters. The topological polar surface area (TPSA) is 72.5 Å². The summed E-state index contributed by atoms with van der Waals surface area (Å²) in [7, 11) is 1.61. The smallest absolute Gasteiger partial charge is 0.320 e. The van der Waals surface area contributed by atoms with E-state index in [0.29, 0.717) is 6.42 Å². The Hall–Kier alpha value is -1.81. The number of carboxylic acids is 1. The fraction of sp³-hybridized carbons (Fsp3) is 0.308. The molecule has 4 heteroatoms. The molecule has 0 aromatic heterocycles. The molecule has 1 aliphatic rings. The van der Waals surface area contributed by atoms with Crippen LogP contribution in [-0.4, -0.2) is 24.2 Å². The van der Waals surface area contributed by atoms with Gasteiger partial charge in [0.15, 0.2) is 0 Å². The van der Waals surface area contributed by atoms with Crippen LogP contribution in [0.5, 0.6) is 5.75 Å². The van der Waals surface area contributed by atoms with Crippen molar-refractivity contribution in [3.8, 4) is 5.75 Å². The molecule has 0 amide bonds. The third-order valence-corrected chi connectivity index (χ3v) is 2.99. The quantitative estimate of drug-likeness (QED) is 0.825. The molecule has 2 rings (SSSR count). The molecule has 0 radical (unpaired) electrons. The molecule has 3 N–H and O–H groups in total. The number of hydrogen-bond acceptors (Lipinski definition) is 3. The summed E-state index contributed by atoms with van der Waals surface area (Å²) < 4.78 is 5.17. The van der Waals surface area contributed by atoms with Gasteiger partial charge in [0.05, 0.1) is 7.11 Å². The van der Waals surface area contributed by atoms with Gasteiger partial charge >= 0.3 is 5.97 Å². The number of hydrogen-bond donors (Lipinski definition) is 2. The number of nitrogens with two attached hydrogens (primary N) is 1. The van der Waals surface area contributed by atoms with E-state index < -0.39 is 12.0 Å². The Morgan fingerprint density at radius 3 is 3.00 bits per heavy atom. The first kappa shape index (κ1) is 11.7. The van der Waals surface area contributed by atoms with Gasteiger partial charge in [0.2, 0.25) is 0 Å². The Kier molecular flexibility index (Phi) is 3.15. The number of carbonyl (C=O) groups is 1. The number of ether oxygens (including phenoxy) is 1. The molecule has 1 aromatic carbocycles. The van der Waals surface area contributed by atoms with Crippen molar-refractivity contribution < 1.29 is 14.6 Å². The first-order valence-electron chi connectivity index (χ1n) is 5.46. The molecule has 0 heterocycles. The van der Waals surface area contributed by atoms with E-state index in [2.05, 4.69) is 0 Å². The van der Waals surface area contributed by atoms with Crippen molar-refractivity contribution in [3.63, 3.8) is 0 Å². The van der Waals surface area contributed by atoms with Gasteiger partial charge in [-0.1, -0.05) is 12.1 Å². The van der Waals surface area contributed by atoms with Crippen molar-refractivity contribution in [2.45, 2.75) is 18.9 Å². The SMILES string of the molecule is COc1ccc2c(c1)C(CC(N)C(=O)O)=CC2. The van der Waals surface area contributed by atoms with E-state index in [1.807, 2.05) is 24.3 Å². The minimum Gasteiger partial charge on any atom is -0.497 e. The number of benzene rings is 1. The van der Waals surface area contributed by atoms with E-state index in [0.717, 1.165) is 23.3 Å². The van der Waals surface area contributed by atoms with Crippen LogP contribution < -0.4 is 10.5 Å². The van der Waals surface area contributed by atoms with E-state index in [-0.39, 0.29) is 0 Å². The highest BCUT2D eigenvalue weighted by molar-refractivity contribution is 5.80. The maximum atomic E-state index is 10.7. The summed E-state index contributed by atoms with van der Waals surface area (Å²) >= 11 is 0. The van der Waals surface area contributed by atoms with Gasteiger partial charge in [0, 0.05) is 0 Å². The minimum absolute atomic E-state index is 0.357. The normalized spacial score (nSPS) is 15.1. The first-order valence-corrected chi connectivity index (χ1v) is 5.46. The molecular formula is C13H15NO3. The molecule has 1 aromatic rings. The molecule has 0 saturated heterocycles. The van der Waals surface area contributed by atoms with Gasteiger partial charge in [-0.05, 0) is 41.7 Å². The van der Waals surface area contributed by atoms with Crippen LogP contribution in [0, 0.1) is 0 Å². The average Bonchev–Trinajstić information content (AvgIpc) is 2.71. The van der Waals surface area contributed by atoms with Gasteiger partial charge in [-0.2, -0.15) is 0 Å². The highest BCUT2D eigenvalue weighted by atomic mass is 16.5. The van der Waals surface area contributed by atoms with Crippen LogP contribution in [-0.2, 0) is 11.2 Å². The van der Waals surface area contributed by atoms with E-state index in [9.17, 15) is 4.79 Å². The Balaban J connectivity index is 2.22. The van der Waals surface area contributed by atoms with E-state index in [1.165, 1.54) is 5.56 Å². The molecule has 1 aliphatic carbocycles. The van der Waals surface area contributed by atoms with Gasteiger partial charge in [-0.3, -0.25) is 4.79 Å². The van der Waals surface area contributed by atoms with Crippen molar-refractivity contribution in [1.82, 2.24) is 0 Å². The zero-order valence-corrected chi connectivity index (χ0v) is 9.64. The second-order valence-electron chi connectivity index (χ2n) is 4.11. The fourth-order valence-electron chi connectivity index (χ4n) is 2.02. The average molecular weight is 233 g/mol. The summed E-state index contributed by atoms with van der Waals surface area (Å²) in [4.78, 5) is 10.7. The van der Waals surface area contributed by atoms with Crippen LogP contribution in [0.4, 0.5) is 0 Å². The summed E-state index contributed by atoms with van der Waals surface area (Å²) in [5, 5.41) is 8.81. The molecule has 0 saturated carbocycles. The molecule has 4 nitrogen and oxygen atoms in total. The van der Waals surface area contributed by atoms with Crippen molar-refractivity contribution in [2.24, 2.45) is 5.73 Å². The summed E-state index contributed by atoms with van der Waals surface area (Å²) in [5.41, 5.74) is 8.80. The van der Waals surface area contributed by atoms with E-state index in [1.54, 1.807) is 7.11 Å². The summed E-state index contributed by atoms with van der Waals surface area (Å²) in [6, 6.07) is 5.00. The van der Waals surface area contributed by atoms with Crippen LogP contribution in [0.3, 0.4) is 0 Å². The largest absolute Gasteiger partial charge is 0.497 e. The van der Waals surface area contributed by atoms with Crippen LogP contribution in [0.15, 0.2) is 24.3 Å². The third-order valence-electron chi connectivity index (χ3n) is 2.99. The van der Waals surface area contributed by atoms with Gasteiger partial charge in [-0.15, -0.1) is 0 Å². The summed E-state index contributed by atoms with van der Waals surface area (Å²) in [6.45, 7) is 0. The maximum absolute atomic E-state index is 10.7. The van der Waals surface area contributed by atoms with Gasteiger partial charge < -0.3 is 15.6 Å². The van der Waals surface area contributed by atoms with Gasteiger partial charge in [0.1, 0.15) is 11.8 Å². The minimum atomic E-state index is -0.970. The third kappa shape index (κ3) is 2.31. The van der Waals surface area contributed by atoms with Crippen LogP contribution in [0.2, 0.25) is 0 Å². The molecule has 1 atom stereocenters. The standard InChI is InChI=1S/C13H15NO3/c1-17-10-5-4-8-2-3-9(11(8)7-10)6-12(14)13(15)16/h3-5,7,12H,2,6,14H2,1H3,(H,15,16). The summed E-state index contributed by atoms with van der Waals surface area (Å²) in [6.07, 6.45) is 3.23. The van der Waals surface area contributed by atoms with Gasteiger partial charge in [0.25, 0.3) is 0 Å². The molecular weight excluding hydrogens is 218 g/mol. The Morgan fingerprint density at radius 1 is 1.59 bits per heavy atom. The zero-order valence-electron chi connectivity index (χ0n) is 9.64. The lowest BCUT2D eigenvalue weighted by atomic mass is 10.00. The van der Waals surface area contributed by atoms with Crippen LogP contribution >= 0.6 is 0 Å². The van der Waals surface area contributed by atoms with Crippen LogP contribution in [0.25, 0.3) is 5.57 Å². The summed E-state index contributed by atoms with van der Waals surface area (Å²) in [5.74, 6) is -0.192. The van der Waals surface area contributed by atoms with Crippen LogP contribution in [0.1, 0.15) is 17.5 Å². The van der Waals surface area contributed by atoms with Crippen molar-refractivity contribution in [2.75, 3.05) is 7.11 Å². The van der Waals surface area contributed by atoms with Crippen molar-refractivity contribution >= 4 is 11.5 Å². The maximum Gasteiger partial charge on any atom is 0.320 e. The van der Waals surface area contributed by atoms with E-state index in [4.69, 9.17) is 15.6 Å². The molecule has 0 aliphatic heterocycles. The predicted octanol–water partition coefficient (Wildman–Crippen LogP) is 1.44.